The van der Waals surface area contributed by atoms with Gasteiger partial charge in [0.1, 0.15) is 11.9 Å². The molecule has 0 bridgehead atoms. The molecule has 0 aromatic heterocycles. The van der Waals surface area contributed by atoms with Crippen molar-refractivity contribution in [3.63, 3.8) is 0 Å². The zero-order chi connectivity index (χ0) is 25.8. The Hall–Kier alpha value is -2.17. The highest BCUT2D eigenvalue weighted by molar-refractivity contribution is 9.10. The maximum atomic E-state index is 13.5. The predicted octanol–water partition coefficient (Wildman–Crippen LogP) is 3.73. The Morgan fingerprint density at radius 2 is 1.61 bits per heavy atom. The molecule has 2 amide bonds. The largest absolute Gasteiger partial charge is 0.497 e. The number of halogens is 1. The molecule has 2 aliphatic heterocycles. The number of carbonyl (C=O) groups is 1. The first-order valence-electron chi connectivity index (χ1n) is 12.3. The smallest absolute Gasteiger partial charge is 0.321 e. The summed E-state index contributed by atoms with van der Waals surface area (Å²) in [6.45, 7) is 2.73. The van der Waals surface area contributed by atoms with Crippen LogP contribution in [-0.4, -0.2) is 107 Å². The molecule has 0 unspecified atom stereocenters. The molecular weight excluding hydrogens is 524 g/mol. The fourth-order valence-electron chi connectivity index (χ4n) is 5.48. The molecule has 2 aliphatic rings. The molecule has 0 aliphatic carbocycles. The molecule has 0 saturated carbocycles. The lowest BCUT2D eigenvalue weighted by molar-refractivity contribution is -0.123. The number of anilines is 1. The summed E-state index contributed by atoms with van der Waals surface area (Å²) in [6.07, 6.45) is -0.381. The lowest BCUT2D eigenvalue weighted by Crippen LogP contribution is -2.72. The number of likely N-dealkylation sites (N-methyl/N-ethyl adjacent to an activating group) is 1. The van der Waals surface area contributed by atoms with Crippen molar-refractivity contribution in [2.45, 2.75) is 30.2 Å². The van der Waals surface area contributed by atoms with Gasteiger partial charge in [-0.05, 0) is 56.1 Å². The van der Waals surface area contributed by atoms with Crippen molar-refractivity contribution in [1.82, 2.24) is 14.7 Å². The molecule has 4 rings (SSSR count). The molecule has 1 N–H and O–H groups in total. The van der Waals surface area contributed by atoms with E-state index in [4.69, 9.17) is 14.2 Å². The maximum Gasteiger partial charge on any atom is 0.321 e. The lowest BCUT2D eigenvalue weighted by Gasteiger charge is -2.59. The van der Waals surface area contributed by atoms with Crippen LogP contribution in [0.5, 0.6) is 5.75 Å². The van der Waals surface area contributed by atoms with E-state index in [0.717, 1.165) is 29.0 Å². The number of ether oxygens (including phenoxy) is 3. The number of amides is 2. The number of methoxy groups -OCH3 is 3. The number of urea groups is 1. The molecule has 0 spiro atoms. The first-order chi connectivity index (χ1) is 17.3. The van der Waals surface area contributed by atoms with E-state index in [-0.39, 0.29) is 24.3 Å². The SMILES string of the molecule is COc1ccc(NC(=O)N2C[C@@H](OC)[C@@H](OC)CN3[C@H](CN(C)C)[C@H](c4ccc(Br)cc4)[C@@H]3C2)cc1. The summed E-state index contributed by atoms with van der Waals surface area (Å²) in [5.74, 6) is 1.05. The molecule has 196 valence electrons. The minimum atomic E-state index is -0.232. The number of nitrogens with zero attached hydrogens (tertiary/aromatic N) is 3. The third-order valence-electron chi connectivity index (χ3n) is 7.34. The predicted molar refractivity (Wildman–Crippen MR) is 145 cm³/mol. The van der Waals surface area contributed by atoms with Gasteiger partial charge in [-0.25, -0.2) is 4.79 Å². The van der Waals surface area contributed by atoms with Crippen LogP contribution in [0.15, 0.2) is 53.0 Å². The first-order valence-corrected chi connectivity index (χ1v) is 13.1. The van der Waals surface area contributed by atoms with Crippen molar-refractivity contribution >= 4 is 27.6 Å². The number of benzene rings is 2. The van der Waals surface area contributed by atoms with Crippen molar-refractivity contribution in [2.75, 3.05) is 66.9 Å². The fourth-order valence-corrected chi connectivity index (χ4v) is 5.74. The van der Waals surface area contributed by atoms with Gasteiger partial charge in [0.15, 0.2) is 0 Å². The summed E-state index contributed by atoms with van der Waals surface area (Å²) in [6, 6.07) is 16.3. The van der Waals surface area contributed by atoms with Crippen molar-refractivity contribution in [3.8, 4) is 5.75 Å². The zero-order valence-electron chi connectivity index (χ0n) is 21.7. The number of hydrogen-bond donors (Lipinski definition) is 1. The van der Waals surface area contributed by atoms with Crippen LogP contribution in [0.1, 0.15) is 11.5 Å². The van der Waals surface area contributed by atoms with E-state index in [1.165, 1.54) is 5.56 Å². The second-order valence-corrected chi connectivity index (χ2v) is 10.7. The Morgan fingerprint density at radius 3 is 2.19 bits per heavy atom. The number of carbonyl (C=O) groups excluding carboxylic acids is 1. The van der Waals surface area contributed by atoms with Crippen molar-refractivity contribution in [3.05, 3.63) is 58.6 Å². The van der Waals surface area contributed by atoms with Crippen LogP contribution in [0.2, 0.25) is 0 Å². The third kappa shape index (κ3) is 5.86. The van der Waals surface area contributed by atoms with Crippen LogP contribution < -0.4 is 10.1 Å². The molecule has 2 heterocycles. The van der Waals surface area contributed by atoms with Gasteiger partial charge in [0.05, 0.1) is 19.8 Å². The molecular formula is C27H37BrN4O4. The van der Waals surface area contributed by atoms with Gasteiger partial charge in [0.2, 0.25) is 0 Å². The minimum absolute atomic E-state index is 0.149. The number of fused-ring (bicyclic) bond motifs is 1. The highest BCUT2D eigenvalue weighted by atomic mass is 79.9. The Kier molecular flexibility index (Phi) is 8.90. The number of rotatable bonds is 7. The third-order valence-corrected chi connectivity index (χ3v) is 7.86. The van der Waals surface area contributed by atoms with Gasteiger partial charge in [-0.15, -0.1) is 0 Å². The summed E-state index contributed by atoms with van der Waals surface area (Å²) in [5, 5.41) is 3.06. The average Bonchev–Trinajstić information content (AvgIpc) is 2.86. The van der Waals surface area contributed by atoms with Crippen LogP contribution in [0, 0.1) is 0 Å². The zero-order valence-corrected chi connectivity index (χ0v) is 23.3. The van der Waals surface area contributed by atoms with E-state index < -0.39 is 0 Å². The van der Waals surface area contributed by atoms with Gasteiger partial charge < -0.3 is 29.3 Å². The van der Waals surface area contributed by atoms with E-state index in [9.17, 15) is 4.79 Å². The Morgan fingerprint density at radius 1 is 0.972 bits per heavy atom. The van der Waals surface area contributed by atoms with Crippen molar-refractivity contribution in [1.29, 1.82) is 0 Å². The highest BCUT2D eigenvalue weighted by Gasteiger charge is 2.52. The van der Waals surface area contributed by atoms with Gasteiger partial charge in [-0.1, -0.05) is 28.1 Å². The normalized spacial score (nSPS) is 26.5. The quantitative estimate of drug-likeness (QED) is 0.556. The topological polar surface area (TPSA) is 66.5 Å². The van der Waals surface area contributed by atoms with Gasteiger partial charge in [-0.3, -0.25) is 4.90 Å². The Bertz CT molecular complexity index is 1000. The molecule has 5 atom stereocenters. The first kappa shape index (κ1) is 26.9. The van der Waals surface area contributed by atoms with Crippen LogP contribution in [-0.2, 0) is 9.47 Å². The van der Waals surface area contributed by atoms with Crippen molar-refractivity contribution in [2.24, 2.45) is 0 Å². The van der Waals surface area contributed by atoms with Crippen LogP contribution >= 0.6 is 15.9 Å². The number of hydrogen-bond acceptors (Lipinski definition) is 6. The van der Waals surface area contributed by atoms with Gasteiger partial charge in [0.25, 0.3) is 0 Å². The summed E-state index contributed by atoms with van der Waals surface area (Å²) >= 11 is 3.56. The lowest BCUT2D eigenvalue weighted by atomic mass is 9.73. The van der Waals surface area contributed by atoms with E-state index in [1.807, 2.05) is 29.2 Å². The second kappa shape index (κ2) is 11.9. The fraction of sp³-hybridized carbons (Fsp3) is 0.519. The summed E-state index contributed by atoms with van der Waals surface area (Å²) in [7, 11) is 9.25. The van der Waals surface area contributed by atoms with Crippen LogP contribution in [0.4, 0.5) is 10.5 Å². The van der Waals surface area contributed by atoms with E-state index >= 15 is 0 Å². The summed E-state index contributed by atoms with van der Waals surface area (Å²) in [5.41, 5.74) is 2.01. The second-order valence-electron chi connectivity index (χ2n) is 9.78. The summed E-state index contributed by atoms with van der Waals surface area (Å²) < 4.78 is 18.0. The maximum absolute atomic E-state index is 13.5. The molecule has 9 heteroatoms. The molecule has 2 aromatic rings. The van der Waals surface area contributed by atoms with Crippen molar-refractivity contribution < 1.29 is 19.0 Å². The standard InChI is InChI=1S/C27H37BrN4O4/c1-30(2)14-22-26(18-6-8-19(28)9-7-18)23-15-31(16-24(35-4)25(36-5)17-32(22)23)27(33)29-20-10-12-21(34-3)13-11-20/h6-13,22-26H,14-17H2,1-5H3,(H,29,33)/t22-,23+,24-,25+,26+/m1/s1. The molecule has 2 fully saturated rings. The molecule has 36 heavy (non-hydrogen) atoms. The minimum Gasteiger partial charge on any atom is -0.497 e. The Balaban J connectivity index is 1.62. The average molecular weight is 562 g/mol. The number of nitrogens with one attached hydrogen (secondary N) is 1. The van der Waals surface area contributed by atoms with Gasteiger partial charge in [0, 0.05) is 62.0 Å². The molecule has 2 aromatic carbocycles. The molecule has 8 nitrogen and oxygen atoms in total. The van der Waals surface area contributed by atoms with Crippen LogP contribution in [0.25, 0.3) is 0 Å². The van der Waals surface area contributed by atoms with E-state index in [0.29, 0.717) is 25.0 Å². The highest BCUT2D eigenvalue weighted by Crippen LogP contribution is 2.43. The summed E-state index contributed by atoms with van der Waals surface area (Å²) in [4.78, 5) is 20.1. The monoisotopic (exact) mass is 560 g/mol. The Labute approximate surface area is 222 Å². The molecule has 2 saturated heterocycles. The molecule has 0 radical (unpaired) electrons. The van der Waals surface area contributed by atoms with Gasteiger partial charge in [-0.2, -0.15) is 0 Å². The van der Waals surface area contributed by atoms with E-state index in [1.54, 1.807) is 21.3 Å². The van der Waals surface area contributed by atoms with Crippen LogP contribution in [0.3, 0.4) is 0 Å². The van der Waals surface area contributed by atoms with E-state index in [2.05, 4.69) is 69.4 Å². The van der Waals surface area contributed by atoms with Gasteiger partial charge >= 0.3 is 6.03 Å².